The standard InChI is InChI=1S/C20H19N3O4S/c1-14-8-9-16(12-15(14)2)21-18(24)13-23-20(25)11-10-19(22-23)28(26,27)17-6-4-3-5-7-17/h3-12H,13H2,1-2H3,(H,21,24). The molecule has 0 unspecified atom stereocenters. The highest BCUT2D eigenvalue weighted by Crippen LogP contribution is 2.17. The first-order chi connectivity index (χ1) is 13.3. The molecule has 28 heavy (non-hydrogen) atoms. The van der Waals surface area contributed by atoms with E-state index in [0.29, 0.717) is 5.69 Å². The Morgan fingerprint density at radius 3 is 2.39 bits per heavy atom. The minimum Gasteiger partial charge on any atom is -0.324 e. The number of aryl methyl sites for hydroxylation is 2. The Balaban J connectivity index is 1.85. The highest BCUT2D eigenvalue weighted by molar-refractivity contribution is 7.91. The summed E-state index contributed by atoms with van der Waals surface area (Å²) in [5.74, 6) is -0.480. The number of hydrogen-bond donors (Lipinski definition) is 1. The van der Waals surface area contributed by atoms with E-state index in [-0.39, 0.29) is 9.92 Å². The fraction of sp³-hybridized carbons (Fsp3) is 0.150. The Labute approximate surface area is 162 Å². The molecule has 0 saturated carbocycles. The third-order valence-electron chi connectivity index (χ3n) is 4.26. The summed E-state index contributed by atoms with van der Waals surface area (Å²) in [5.41, 5.74) is 2.13. The van der Waals surface area contributed by atoms with Gasteiger partial charge in [-0.3, -0.25) is 9.59 Å². The van der Waals surface area contributed by atoms with Gasteiger partial charge in [-0.05, 0) is 55.3 Å². The van der Waals surface area contributed by atoms with Gasteiger partial charge in [0.1, 0.15) is 6.54 Å². The summed E-state index contributed by atoms with van der Waals surface area (Å²) in [6, 6.07) is 15.5. The summed E-state index contributed by atoms with van der Waals surface area (Å²) in [6.45, 7) is 3.49. The van der Waals surface area contributed by atoms with Crippen molar-refractivity contribution in [2.75, 3.05) is 5.32 Å². The summed E-state index contributed by atoms with van der Waals surface area (Å²) in [7, 11) is -3.89. The first-order valence-electron chi connectivity index (χ1n) is 8.53. The molecule has 7 nitrogen and oxygen atoms in total. The molecule has 0 aliphatic heterocycles. The number of hydrogen-bond acceptors (Lipinski definition) is 5. The minimum absolute atomic E-state index is 0.0623. The molecule has 0 radical (unpaired) electrons. The molecular weight excluding hydrogens is 378 g/mol. The van der Waals surface area contributed by atoms with Gasteiger partial charge in [0, 0.05) is 11.8 Å². The van der Waals surface area contributed by atoms with Gasteiger partial charge in [-0.2, -0.15) is 5.10 Å². The van der Waals surface area contributed by atoms with E-state index >= 15 is 0 Å². The Morgan fingerprint density at radius 2 is 1.71 bits per heavy atom. The Bertz CT molecular complexity index is 1190. The van der Waals surface area contributed by atoms with Crippen LogP contribution in [0.3, 0.4) is 0 Å². The molecule has 1 aromatic heterocycles. The van der Waals surface area contributed by atoms with E-state index in [4.69, 9.17) is 0 Å². The largest absolute Gasteiger partial charge is 0.324 e. The molecular formula is C20H19N3O4S. The van der Waals surface area contributed by atoms with E-state index in [1.54, 1.807) is 24.3 Å². The van der Waals surface area contributed by atoms with Crippen molar-refractivity contribution in [1.29, 1.82) is 0 Å². The zero-order valence-corrected chi connectivity index (χ0v) is 16.2. The molecule has 0 bridgehead atoms. The fourth-order valence-corrected chi connectivity index (χ4v) is 3.77. The summed E-state index contributed by atoms with van der Waals surface area (Å²) in [6.07, 6.45) is 0. The van der Waals surface area contributed by atoms with Crippen molar-refractivity contribution in [3.63, 3.8) is 0 Å². The number of anilines is 1. The van der Waals surface area contributed by atoms with Crippen molar-refractivity contribution in [2.45, 2.75) is 30.3 Å². The Kier molecular flexibility index (Phi) is 5.41. The second-order valence-electron chi connectivity index (χ2n) is 6.33. The third kappa shape index (κ3) is 4.17. The van der Waals surface area contributed by atoms with Gasteiger partial charge in [-0.15, -0.1) is 0 Å². The number of sulfone groups is 1. The van der Waals surface area contributed by atoms with Crippen LogP contribution < -0.4 is 10.9 Å². The highest BCUT2D eigenvalue weighted by atomic mass is 32.2. The number of nitrogens with one attached hydrogen (secondary N) is 1. The molecule has 3 aromatic rings. The predicted octanol–water partition coefficient (Wildman–Crippen LogP) is 2.33. The smallest absolute Gasteiger partial charge is 0.267 e. The average Bonchev–Trinajstić information content (AvgIpc) is 2.67. The number of amides is 1. The van der Waals surface area contributed by atoms with Crippen molar-refractivity contribution in [2.24, 2.45) is 0 Å². The number of aromatic nitrogens is 2. The molecule has 144 valence electrons. The molecule has 8 heteroatoms. The molecule has 1 N–H and O–H groups in total. The summed E-state index contributed by atoms with van der Waals surface area (Å²) in [5, 5.41) is 6.28. The van der Waals surface area contributed by atoms with E-state index in [1.165, 1.54) is 12.1 Å². The molecule has 0 fully saturated rings. The van der Waals surface area contributed by atoms with Crippen molar-refractivity contribution in [1.82, 2.24) is 9.78 Å². The van der Waals surface area contributed by atoms with E-state index in [9.17, 15) is 18.0 Å². The molecule has 2 aromatic carbocycles. The summed E-state index contributed by atoms with van der Waals surface area (Å²) >= 11 is 0. The third-order valence-corrected chi connectivity index (χ3v) is 5.92. The van der Waals surface area contributed by atoms with Crippen LogP contribution in [0.4, 0.5) is 5.69 Å². The van der Waals surface area contributed by atoms with E-state index in [1.807, 2.05) is 26.0 Å². The van der Waals surface area contributed by atoms with Crippen LogP contribution in [0.1, 0.15) is 11.1 Å². The number of carbonyl (C=O) groups excluding carboxylic acids is 1. The molecule has 0 aliphatic carbocycles. The normalized spacial score (nSPS) is 11.2. The zero-order valence-electron chi connectivity index (χ0n) is 15.4. The lowest BCUT2D eigenvalue weighted by molar-refractivity contribution is -0.117. The second kappa shape index (κ2) is 7.77. The van der Waals surface area contributed by atoms with Gasteiger partial charge >= 0.3 is 0 Å². The van der Waals surface area contributed by atoms with Gasteiger partial charge in [-0.25, -0.2) is 13.1 Å². The van der Waals surface area contributed by atoms with Crippen molar-refractivity contribution in [3.05, 3.63) is 82.1 Å². The summed E-state index contributed by atoms with van der Waals surface area (Å²) in [4.78, 5) is 24.4. The van der Waals surface area contributed by atoms with Crippen molar-refractivity contribution in [3.8, 4) is 0 Å². The van der Waals surface area contributed by atoms with Crippen LogP contribution in [-0.2, 0) is 21.2 Å². The Morgan fingerprint density at radius 1 is 1.00 bits per heavy atom. The van der Waals surface area contributed by atoms with Crippen LogP contribution in [0.2, 0.25) is 0 Å². The van der Waals surface area contributed by atoms with Crippen LogP contribution in [0.5, 0.6) is 0 Å². The second-order valence-corrected chi connectivity index (χ2v) is 8.23. The first kappa shape index (κ1) is 19.5. The van der Waals surface area contributed by atoms with Crippen LogP contribution in [0.25, 0.3) is 0 Å². The van der Waals surface area contributed by atoms with Crippen LogP contribution in [-0.4, -0.2) is 24.1 Å². The zero-order chi connectivity index (χ0) is 20.3. The maximum Gasteiger partial charge on any atom is 0.267 e. The average molecular weight is 397 g/mol. The topological polar surface area (TPSA) is 98.1 Å². The quantitative estimate of drug-likeness (QED) is 0.713. The van der Waals surface area contributed by atoms with Gasteiger partial charge in [0.25, 0.3) is 5.56 Å². The minimum atomic E-state index is -3.89. The summed E-state index contributed by atoms with van der Waals surface area (Å²) < 4.78 is 26.2. The van der Waals surface area contributed by atoms with Gasteiger partial charge < -0.3 is 5.32 Å². The predicted molar refractivity (Wildman–Crippen MR) is 105 cm³/mol. The molecule has 0 saturated heterocycles. The maximum atomic E-state index is 12.7. The molecule has 3 rings (SSSR count). The molecule has 1 heterocycles. The van der Waals surface area contributed by atoms with Gasteiger partial charge in [0.05, 0.1) is 4.90 Å². The molecule has 0 aliphatic rings. The number of rotatable bonds is 5. The number of benzene rings is 2. The SMILES string of the molecule is Cc1ccc(NC(=O)Cn2nc(S(=O)(=O)c3ccccc3)ccc2=O)cc1C. The van der Waals surface area contributed by atoms with E-state index < -0.39 is 27.8 Å². The van der Waals surface area contributed by atoms with E-state index in [0.717, 1.165) is 27.9 Å². The first-order valence-corrected chi connectivity index (χ1v) is 10.0. The lowest BCUT2D eigenvalue weighted by atomic mass is 10.1. The van der Waals surface area contributed by atoms with Gasteiger partial charge in [-0.1, -0.05) is 24.3 Å². The van der Waals surface area contributed by atoms with Crippen LogP contribution in [0.15, 0.2) is 75.4 Å². The molecule has 0 spiro atoms. The maximum absolute atomic E-state index is 12.7. The lowest BCUT2D eigenvalue weighted by Gasteiger charge is -2.10. The Hall–Kier alpha value is -3.26. The fourth-order valence-electron chi connectivity index (χ4n) is 2.56. The highest BCUT2D eigenvalue weighted by Gasteiger charge is 2.20. The molecule has 1 amide bonds. The monoisotopic (exact) mass is 397 g/mol. The van der Waals surface area contributed by atoms with Crippen molar-refractivity contribution >= 4 is 21.4 Å². The van der Waals surface area contributed by atoms with Gasteiger partial charge in [0.15, 0.2) is 5.03 Å². The van der Waals surface area contributed by atoms with Crippen LogP contribution >= 0.6 is 0 Å². The van der Waals surface area contributed by atoms with Crippen LogP contribution in [0, 0.1) is 13.8 Å². The van der Waals surface area contributed by atoms with E-state index in [2.05, 4.69) is 10.4 Å². The van der Waals surface area contributed by atoms with Gasteiger partial charge in [0.2, 0.25) is 15.7 Å². The van der Waals surface area contributed by atoms with Crippen molar-refractivity contribution < 1.29 is 13.2 Å². The lowest BCUT2D eigenvalue weighted by Crippen LogP contribution is -2.30. The molecule has 0 atom stereocenters. The number of carbonyl (C=O) groups is 1. The number of nitrogens with zero attached hydrogens (tertiary/aromatic N) is 2.